The van der Waals surface area contributed by atoms with E-state index in [0.717, 1.165) is 0 Å². The normalized spacial score (nSPS) is 11.1. The lowest BCUT2D eigenvalue weighted by Gasteiger charge is -1.97. The van der Waals surface area contributed by atoms with Crippen molar-refractivity contribution in [3.05, 3.63) is 41.1 Å². The van der Waals surface area contributed by atoms with Gasteiger partial charge in [-0.25, -0.2) is 4.39 Å². The molecule has 0 fully saturated rings. The van der Waals surface area contributed by atoms with Crippen LogP contribution in [0.4, 0.5) is 4.39 Å². The first-order valence-corrected chi connectivity index (χ1v) is 5.16. The summed E-state index contributed by atoms with van der Waals surface area (Å²) in [6, 6.07) is 8.59. The van der Waals surface area contributed by atoms with Crippen LogP contribution < -0.4 is 0 Å². The third-order valence-corrected chi connectivity index (χ3v) is 2.68. The van der Waals surface area contributed by atoms with E-state index in [1.807, 2.05) is 6.92 Å². The third kappa shape index (κ3) is 2.90. The molecule has 0 amide bonds. The Kier molecular flexibility index (Phi) is 4.21. The molecule has 3 heteroatoms. The second-order valence-electron chi connectivity index (χ2n) is 2.66. The summed E-state index contributed by atoms with van der Waals surface area (Å²) < 4.78 is 13.1. The molecule has 72 valence electrons. The molecule has 0 N–H and O–H groups in total. The van der Waals surface area contributed by atoms with Gasteiger partial charge in [0.25, 0.3) is 0 Å². The SMILES string of the molecule is CCC(C#N)=CSc1ccccc1F. The Morgan fingerprint density at radius 2 is 2.29 bits per heavy atom. The standard InChI is InChI=1S/C11H10FNS/c1-2-9(7-13)8-14-11-6-4-3-5-10(11)12/h3-6,8H,2H2,1H3. The Balaban J connectivity index is 2.76. The first-order valence-electron chi connectivity index (χ1n) is 4.28. The van der Waals surface area contributed by atoms with Crippen LogP contribution in [0, 0.1) is 17.1 Å². The van der Waals surface area contributed by atoms with Crippen molar-refractivity contribution in [2.75, 3.05) is 0 Å². The van der Waals surface area contributed by atoms with Gasteiger partial charge >= 0.3 is 0 Å². The second kappa shape index (κ2) is 5.46. The number of hydrogen-bond donors (Lipinski definition) is 0. The van der Waals surface area contributed by atoms with Gasteiger partial charge in [0.05, 0.1) is 6.07 Å². The molecule has 0 heterocycles. The molecule has 1 aromatic rings. The molecule has 0 atom stereocenters. The van der Waals surface area contributed by atoms with Crippen molar-refractivity contribution in [3.63, 3.8) is 0 Å². The Labute approximate surface area is 87.2 Å². The summed E-state index contributed by atoms with van der Waals surface area (Å²) >= 11 is 1.24. The molecule has 0 unspecified atom stereocenters. The molecule has 0 aromatic heterocycles. The lowest BCUT2D eigenvalue weighted by molar-refractivity contribution is 0.602. The van der Waals surface area contributed by atoms with Gasteiger partial charge in [-0.15, -0.1) is 0 Å². The minimum atomic E-state index is -0.248. The summed E-state index contributed by atoms with van der Waals surface area (Å²) in [5.41, 5.74) is 0.665. The fourth-order valence-corrected chi connectivity index (χ4v) is 1.69. The zero-order valence-electron chi connectivity index (χ0n) is 7.83. The molecule has 0 saturated carbocycles. The van der Waals surface area contributed by atoms with Crippen molar-refractivity contribution < 1.29 is 4.39 Å². The predicted octanol–water partition coefficient (Wildman–Crippen LogP) is 3.74. The zero-order chi connectivity index (χ0) is 10.4. The molecule has 0 aliphatic rings. The molecular weight excluding hydrogens is 197 g/mol. The molecule has 0 saturated heterocycles. The maximum atomic E-state index is 13.1. The van der Waals surface area contributed by atoms with Gasteiger partial charge in [0.15, 0.2) is 0 Å². The molecule has 1 nitrogen and oxygen atoms in total. The van der Waals surface area contributed by atoms with Crippen molar-refractivity contribution in [3.8, 4) is 6.07 Å². The van der Waals surface area contributed by atoms with E-state index in [4.69, 9.17) is 5.26 Å². The van der Waals surface area contributed by atoms with Crippen molar-refractivity contribution in [2.45, 2.75) is 18.2 Å². The van der Waals surface area contributed by atoms with Crippen LogP contribution in [0.25, 0.3) is 0 Å². The Morgan fingerprint density at radius 3 is 2.86 bits per heavy atom. The predicted molar refractivity (Wildman–Crippen MR) is 56.2 cm³/mol. The quantitative estimate of drug-likeness (QED) is 0.557. The number of benzene rings is 1. The summed E-state index contributed by atoms with van der Waals surface area (Å²) in [4.78, 5) is 0.550. The first kappa shape index (κ1) is 10.8. The van der Waals surface area contributed by atoms with Crippen LogP contribution in [0.15, 0.2) is 40.1 Å². The highest BCUT2D eigenvalue weighted by Crippen LogP contribution is 2.23. The summed E-state index contributed by atoms with van der Waals surface area (Å²) in [5.74, 6) is -0.248. The molecule has 0 aliphatic heterocycles. The highest BCUT2D eigenvalue weighted by Gasteiger charge is 1.99. The van der Waals surface area contributed by atoms with E-state index in [0.29, 0.717) is 16.9 Å². The maximum Gasteiger partial charge on any atom is 0.137 e. The highest BCUT2D eigenvalue weighted by atomic mass is 32.2. The van der Waals surface area contributed by atoms with Crippen LogP contribution in [-0.2, 0) is 0 Å². The molecule has 0 radical (unpaired) electrons. The summed E-state index contributed by atoms with van der Waals surface area (Å²) in [6.07, 6.45) is 0.679. The summed E-state index contributed by atoms with van der Waals surface area (Å²) in [7, 11) is 0. The van der Waals surface area contributed by atoms with E-state index in [2.05, 4.69) is 6.07 Å². The molecule has 1 aromatic carbocycles. The number of halogens is 1. The number of nitriles is 1. The monoisotopic (exact) mass is 207 g/mol. The highest BCUT2D eigenvalue weighted by molar-refractivity contribution is 8.02. The number of rotatable bonds is 3. The van der Waals surface area contributed by atoms with E-state index in [-0.39, 0.29) is 5.82 Å². The number of hydrogen-bond acceptors (Lipinski definition) is 2. The van der Waals surface area contributed by atoms with Crippen molar-refractivity contribution in [1.29, 1.82) is 5.26 Å². The lowest BCUT2D eigenvalue weighted by Crippen LogP contribution is -1.78. The third-order valence-electron chi connectivity index (χ3n) is 1.69. The molecule has 1 rings (SSSR count). The van der Waals surface area contributed by atoms with Gasteiger partial charge in [0.1, 0.15) is 5.82 Å². The molecule has 0 aliphatic carbocycles. The van der Waals surface area contributed by atoms with E-state index >= 15 is 0 Å². The van der Waals surface area contributed by atoms with Gasteiger partial charge in [0.2, 0.25) is 0 Å². The van der Waals surface area contributed by atoms with Crippen LogP contribution in [0.3, 0.4) is 0 Å². The molecular formula is C11H10FNS. The summed E-state index contributed by atoms with van der Waals surface area (Å²) in [6.45, 7) is 1.90. The second-order valence-corrected chi connectivity index (χ2v) is 3.57. The number of nitrogens with zero attached hydrogens (tertiary/aromatic N) is 1. The van der Waals surface area contributed by atoms with Gasteiger partial charge < -0.3 is 0 Å². The topological polar surface area (TPSA) is 23.8 Å². The van der Waals surface area contributed by atoms with Gasteiger partial charge in [-0.3, -0.25) is 0 Å². The fourth-order valence-electron chi connectivity index (χ4n) is 0.864. The Morgan fingerprint density at radius 1 is 1.57 bits per heavy atom. The number of thioether (sulfide) groups is 1. The lowest BCUT2D eigenvalue weighted by atomic mass is 10.3. The van der Waals surface area contributed by atoms with Crippen LogP contribution >= 0.6 is 11.8 Å². The minimum Gasteiger partial charge on any atom is -0.206 e. The van der Waals surface area contributed by atoms with Crippen molar-refractivity contribution in [1.82, 2.24) is 0 Å². The Hall–Kier alpha value is -1.27. The van der Waals surface area contributed by atoms with Gasteiger partial charge in [-0.05, 0) is 24.0 Å². The van der Waals surface area contributed by atoms with Gasteiger partial charge in [0, 0.05) is 10.5 Å². The first-order chi connectivity index (χ1) is 6.77. The Bertz CT molecular complexity index is 379. The smallest absolute Gasteiger partial charge is 0.137 e. The zero-order valence-corrected chi connectivity index (χ0v) is 8.64. The fraction of sp³-hybridized carbons (Fsp3) is 0.182. The largest absolute Gasteiger partial charge is 0.206 e. The van der Waals surface area contributed by atoms with Gasteiger partial charge in [-0.1, -0.05) is 30.8 Å². The average molecular weight is 207 g/mol. The van der Waals surface area contributed by atoms with Gasteiger partial charge in [-0.2, -0.15) is 5.26 Å². The van der Waals surface area contributed by atoms with Crippen LogP contribution in [0.1, 0.15) is 13.3 Å². The van der Waals surface area contributed by atoms with Crippen molar-refractivity contribution >= 4 is 11.8 Å². The molecule has 0 bridgehead atoms. The number of allylic oxidation sites excluding steroid dienone is 1. The van der Waals surface area contributed by atoms with E-state index in [9.17, 15) is 4.39 Å². The van der Waals surface area contributed by atoms with E-state index in [1.165, 1.54) is 17.8 Å². The van der Waals surface area contributed by atoms with Crippen LogP contribution in [0.2, 0.25) is 0 Å². The van der Waals surface area contributed by atoms with Crippen LogP contribution in [0.5, 0.6) is 0 Å². The average Bonchev–Trinajstić information content (AvgIpc) is 2.22. The summed E-state index contributed by atoms with van der Waals surface area (Å²) in [5, 5.41) is 10.3. The van der Waals surface area contributed by atoms with E-state index in [1.54, 1.807) is 23.6 Å². The maximum absolute atomic E-state index is 13.1. The van der Waals surface area contributed by atoms with E-state index < -0.39 is 0 Å². The minimum absolute atomic E-state index is 0.248. The molecule has 0 spiro atoms. The van der Waals surface area contributed by atoms with Crippen LogP contribution in [-0.4, -0.2) is 0 Å². The molecule has 14 heavy (non-hydrogen) atoms. The van der Waals surface area contributed by atoms with Crippen molar-refractivity contribution in [2.24, 2.45) is 0 Å².